The van der Waals surface area contributed by atoms with Gasteiger partial charge in [-0.25, -0.2) is 13.2 Å². The number of rotatable bonds is 9. The standard InChI is InChI=1S/C18H22F3NO2.C11H17N3O/c1-5-8-18(20,21)10-22(4)17(23)15-9-13-12(11(2)3)6-7-14(19)16(13)24-15;15-11(13-7-2-1-3-8-13)5-10-14-9-4-6-12-14/h6-7,9,11H,5,8,10H2,1-4H3;4,6,9H,1-3,5,7-8,10H2. The van der Waals surface area contributed by atoms with Crippen molar-refractivity contribution in [3.63, 3.8) is 0 Å². The van der Waals surface area contributed by atoms with Gasteiger partial charge in [0.05, 0.1) is 6.54 Å². The average molecular weight is 549 g/mol. The van der Waals surface area contributed by atoms with Crippen molar-refractivity contribution in [3.05, 3.63) is 53.8 Å². The number of carbonyl (C=O) groups excluding carboxylic acids is 2. The maximum atomic E-state index is 13.9. The molecule has 0 spiro atoms. The van der Waals surface area contributed by atoms with Crippen LogP contribution in [0.4, 0.5) is 13.2 Å². The second kappa shape index (κ2) is 13.7. The largest absolute Gasteiger partial charge is 0.448 e. The van der Waals surface area contributed by atoms with Crippen molar-refractivity contribution >= 4 is 22.8 Å². The summed E-state index contributed by atoms with van der Waals surface area (Å²) in [4.78, 5) is 27.0. The van der Waals surface area contributed by atoms with Crippen molar-refractivity contribution < 1.29 is 27.2 Å². The molecule has 1 aliphatic rings. The molecule has 1 saturated heterocycles. The van der Waals surface area contributed by atoms with Gasteiger partial charge in [0.1, 0.15) is 0 Å². The topological polar surface area (TPSA) is 71.6 Å². The van der Waals surface area contributed by atoms with Crippen LogP contribution in [0.1, 0.15) is 81.3 Å². The molecular formula is C29H39F3N4O3. The Kier molecular flexibility index (Phi) is 10.6. The molecule has 2 aromatic heterocycles. The number of amides is 2. The van der Waals surface area contributed by atoms with Crippen LogP contribution in [0.2, 0.25) is 0 Å². The van der Waals surface area contributed by atoms with Gasteiger partial charge in [0.15, 0.2) is 17.2 Å². The zero-order chi connectivity index (χ0) is 28.6. The molecule has 214 valence electrons. The fourth-order valence-electron chi connectivity index (χ4n) is 4.72. The van der Waals surface area contributed by atoms with Crippen LogP contribution in [0.5, 0.6) is 0 Å². The highest BCUT2D eigenvalue weighted by Gasteiger charge is 2.32. The minimum atomic E-state index is -2.96. The van der Waals surface area contributed by atoms with E-state index in [9.17, 15) is 22.8 Å². The Hall–Kier alpha value is -3.30. The van der Waals surface area contributed by atoms with Crippen molar-refractivity contribution in [1.29, 1.82) is 0 Å². The van der Waals surface area contributed by atoms with Crippen LogP contribution in [0.25, 0.3) is 11.0 Å². The summed E-state index contributed by atoms with van der Waals surface area (Å²) < 4.78 is 48.5. The summed E-state index contributed by atoms with van der Waals surface area (Å²) >= 11 is 0. The van der Waals surface area contributed by atoms with Gasteiger partial charge in [-0.05, 0) is 48.9 Å². The summed E-state index contributed by atoms with van der Waals surface area (Å²) in [6.45, 7) is 7.43. The van der Waals surface area contributed by atoms with E-state index < -0.39 is 24.2 Å². The quantitative estimate of drug-likeness (QED) is 0.307. The van der Waals surface area contributed by atoms with Crippen LogP contribution in [0.3, 0.4) is 0 Å². The molecule has 3 heterocycles. The molecule has 10 heteroatoms. The molecule has 0 N–H and O–H groups in total. The summed E-state index contributed by atoms with van der Waals surface area (Å²) in [6, 6.07) is 6.25. The molecule has 0 unspecified atom stereocenters. The lowest BCUT2D eigenvalue weighted by Gasteiger charge is -2.26. The molecule has 3 aromatic rings. The third-order valence-corrected chi connectivity index (χ3v) is 6.76. The van der Waals surface area contributed by atoms with Gasteiger partial charge < -0.3 is 14.2 Å². The number of nitrogens with zero attached hydrogens (tertiary/aromatic N) is 4. The first kappa shape index (κ1) is 30.2. The number of hydrogen-bond donors (Lipinski definition) is 0. The Balaban J connectivity index is 0.000000239. The van der Waals surface area contributed by atoms with Gasteiger partial charge in [-0.1, -0.05) is 33.3 Å². The van der Waals surface area contributed by atoms with Crippen molar-refractivity contribution in [3.8, 4) is 0 Å². The smallest absolute Gasteiger partial charge is 0.289 e. The second-order valence-electron chi connectivity index (χ2n) is 10.4. The van der Waals surface area contributed by atoms with E-state index >= 15 is 0 Å². The average Bonchev–Trinajstić information content (AvgIpc) is 3.58. The summed E-state index contributed by atoms with van der Waals surface area (Å²) in [7, 11) is 1.29. The molecule has 39 heavy (non-hydrogen) atoms. The molecule has 0 aliphatic carbocycles. The highest BCUT2D eigenvalue weighted by atomic mass is 19.3. The summed E-state index contributed by atoms with van der Waals surface area (Å²) in [5.41, 5.74) is 0.825. The van der Waals surface area contributed by atoms with Crippen LogP contribution in [0.15, 0.2) is 41.1 Å². The number of halogens is 3. The first-order valence-electron chi connectivity index (χ1n) is 13.6. The molecule has 2 amide bonds. The number of carbonyl (C=O) groups is 2. The van der Waals surface area contributed by atoms with Gasteiger partial charge in [0, 0.05) is 57.3 Å². The van der Waals surface area contributed by atoms with E-state index in [0.29, 0.717) is 24.8 Å². The van der Waals surface area contributed by atoms with Gasteiger partial charge in [0.2, 0.25) is 5.91 Å². The van der Waals surface area contributed by atoms with E-state index in [1.807, 2.05) is 35.7 Å². The number of fused-ring (bicyclic) bond motifs is 1. The third-order valence-electron chi connectivity index (χ3n) is 6.76. The number of alkyl halides is 2. The lowest BCUT2D eigenvalue weighted by atomic mass is 9.99. The minimum Gasteiger partial charge on any atom is -0.448 e. The second-order valence-corrected chi connectivity index (χ2v) is 10.4. The van der Waals surface area contributed by atoms with Gasteiger partial charge >= 0.3 is 0 Å². The Morgan fingerprint density at radius 3 is 2.51 bits per heavy atom. The number of hydrogen-bond acceptors (Lipinski definition) is 4. The maximum Gasteiger partial charge on any atom is 0.289 e. The Morgan fingerprint density at radius 2 is 1.90 bits per heavy atom. The lowest BCUT2D eigenvalue weighted by Crippen LogP contribution is -2.38. The predicted octanol–water partition coefficient (Wildman–Crippen LogP) is 6.49. The fourth-order valence-corrected chi connectivity index (χ4v) is 4.72. The number of benzene rings is 1. The lowest BCUT2D eigenvalue weighted by molar-refractivity contribution is -0.132. The predicted molar refractivity (Wildman–Crippen MR) is 144 cm³/mol. The Morgan fingerprint density at radius 1 is 1.18 bits per heavy atom. The molecule has 1 aromatic carbocycles. The SMILES string of the molecule is CCCC(F)(F)CN(C)C(=O)c1cc2c(C(C)C)ccc(F)c2o1.O=C(CCn1cccn1)N1CCCCC1. The minimum absolute atomic E-state index is 0.0155. The fraction of sp³-hybridized carbons (Fsp3) is 0.552. The molecule has 0 saturated carbocycles. The Bertz CT molecular complexity index is 1220. The van der Waals surface area contributed by atoms with Crippen LogP contribution in [-0.2, 0) is 11.3 Å². The number of aromatic nitrogens is 2. The van der Waals surface area contributed by atoms with Crippen LogP contribution in [0, 0.1) is 5.82 Å². The van der Waals surface area contributed by atoms with Crippen molar-refractivity contribution in [1.82, 2.24) is 19.6 Å². The number of likely N-dealkylation sites (tertiary alicyclic amines) is 1. The van der Waals surface area contributed by atoms with Gasteiger partial charge in [-0.2, -0.15) is 5.10 Å². The van der Waals surface area contributed by atoms with Gasteiger partial charge in [-0.3, -0.25) is 14.3 Å². The van der Waals surface area contributed by atoms with Gasteiger partial charge in [0.25, 0.3) is 11.8 Å². The van der Waals surface area contributed by atoms with Crippen molar-refractivity contribution in [2.45, 2.75) is 77.7 Å². The summed E-state index contributed by atoms with van der Waals surface area (Å²) in [6.07, 6.45) is 7.82. The monoisotopic (exact) mass is 548 g/mol. The highest BCUT2D eigenvalue weighted by molar-refractivity contribution is 5.97. The first-order chi connectivity index (χ1) is 18.5. The molecule has 1 aliphatic heterocycles. The van der Waals surface area contributed by atoms with Crippen molar-refractivity contribution in [2.24, 2.45) is 0 Å². The van der Waals surface area contributed by atoms with Crippen LogP contribution >= 0.6 is 0 Å². The summed E-state index contributed by atoms with van der Waals surface area (Å²) in [5, 5.41) is 4.58. The van der Waals surface area contributed by atoms with Crippen LogP contribution < -0.4 is 0 Å². The normalized spacial score (nSPS) is 13.9. The zero-order valence-electron chi connectivity index (χ0n) is 23.3. The molecule has 1 fully saturated rings. The first-order valence-corrected chi connectivity index (χ1v) is 13.6. The zero-order valence-corrected chi connectivity index (χ0v) is 23.3. The van der Waals surface area contributed by atoms with E-state index in [-0.39, 0.29) is 29.6 Å². The molecule has 4 rings (SSSR count). The van der Waals surface area contributed by atoms with E-state index in [4.69, 9.17) is 4.42 Å². The molecule has 0 radical (unpaired) electrons. The van der Waals surface area contributed by atoms with Crippen LogP contribution in [-0.4, -0.2) is 64.0 Å². The maximum absolute atomic E-state index is 13.9. The molecule has 0 bridgehead atoms. The van der Waals surface area contributed by atoms with E-state index in [1.54, 1.807) is 19.2 Å². The Labute approximate surface area is 227 Å². The van der Waals surface area contributed by atoms with Gasteiger partial charge in [-0.15, -0.1) is 0 Å². The third kappa shape index (κ3) is 8.34. The molecule has 7 nitrogen and oxygen atoms in total. The highest BCUT2D eigenvalue weighted by Crippen LogP contribution is 2.31. The van der Waals surface area contributed by atoms with E-state index in [2.05, 4.69) is 5.10 Å². The molecule has 0 atom stereocenters. The van der Waals surface area contributed by atoms with E-state index in [0.717, 1.165) is 36.4 Å². The van der Waals surface area contributed by atoms with E-state index in [1.165, 1.54) is 25.6 Å². The number of piperidine rings is 1. The number of furan rings is 1. The summed E-state index contributed by atoms with van der Waals surface area (Å²) in [5.74, 6) is -3.97. The van der Waals surface area contributed by atoms with Crippen molar-refractivity contribution in [2.75, 3.05) is 26.7 Å². The number of aryl methyl sites for hydroxylation is 1. The molecular weight excluding hydrogens is 509 g/mol.